The van der Waals surface area contributed by atoms with Crippen molar-refractivity contribution >= 4 is 0 Å². The van der Waals surface area contributed by atoms with Crippen LogP contribution in [0.1, 0.15) is 28.8 Å². The maximum atomic E-state index is 5.30. The number of benzene rings is 1. The second kappa shape index (κ2) is 7.07. The summed E-state index contributed by atoms with van der Waals surface area (Å²) in [5, 5.41) is 7.32. The van der Waals surface area contributed by atoms with Crippen molar-refractivity contribution in [3.63, 3.8) is 0 Å². The molecule has 0 spiro atoms. The minimum absolute atomic E-state index is 0.402. The van der Waals surface area contributed by atoms with Gasteiger partial charge in [0.25, 0.3) is 0 Å². The summed E-state index contributed by atoms with van der Waals surface area (Å²) in [5.74, 6) is 1.72. The van der Waals surface area contributed by atoms with Crippen molar-refractivity contribution in [1.82, 2.24) is 20.1 Å². The Bertz CT molecular complexity index is 786. The number of nitrogens with zero attached hydrogens (tertiary/aromatic N) is 3. The van der Waals surface area contributed by atoms with Crippen molar-refractivity contribution in [3.8, 4) is 5.75 Å². The van der Waals surface area contributed by atoms with E-state index in [1.165, 1.54) is 11.3 Å². The number of aromatic nitrogens is 3. The number of likely N-dealkylation sites (tertiary alicyclic amines) is 1. The van der Waals surface area contributed by atoms with E-state index >= 15 is 0 Å². The van der Waals surface area contributed by atoms with Gasteiger partial charge in [0.1, 0.15) is 5.75 Å². The van der Waals surface area contributed by atoms with Gasteiger partial charge in [-0.25, -0.2) is 0 Å². The van der Waals surface area contributed by atoms with Crippen LogP contribution in [0.15, 0.2) is 60.9 Å². The molecular formula is C20H22N4O. The van der Waals surface area contributed by atoms with Crippen LogP contribution in [0.5, 0.6) is 5.75 Å². The minimum Gasteiger partial charge on any atom is -0.497 e. The molecule has 4 rings (SSSR count). The van der Waals surface area contributed by atoms with Crippen LogP contribution in [-0.2, 0) is 6.54 Å². The van der Waals surface area contributed by atoms with Crippen molar-refractivity contribution in [2.45, 2.75) is 18.4 Å². The fourth-order valence-corrected chi connectivity index (χ4v) is 3.71. The lowest BCUT2D eigenvalue weighted by Gasteiger charge is -2.17. The first kappa shape index (κ1) is 15.8. The molecule has 0 aliphatic carbocycles. The van der Waals surface area contributed by atoms with Crippen LogP contribution in [0, 0.1) is 0 Å². The molecule has 5 nitrogen and oxygen atoms in total. The number of methoxy groups -OCH3 is 1. The molecule has 3 heterocycles. The molecule has 1 aromatic carbocycles. The third-order valence-electron chi connectivity index (χ3n) is 4.97. The molecule has 0 unspecified atom stereocenters. The zero-order valence-corrected chi connectivity index (χ0v) is 14.3. The molecule has 0 bridgehead atoms. The molecule has 1 N–H and O–H groups in total. The number of aromatic amines is 1. The average molecular weight is 334 g/mol. The lowest BCUT2D eigenvalue weighted by atomic mass is 9.87. The molecule has 1 saturated heterocycles. The van der Waals surface area contributed by atoms with Crippen molar-refractivity contribution in [3.05, 3.63) is 77.9 Å². The van der Waals surface area contributed by atoms with Crippen LogP contribution in [-0.4, -0.2) is 40.3 Å². The van der Waals surface area contributed by atoms with Crippen LogP contribution in [0.3, 0.4) is 0 Å². The van der Waals surface area contributed by atoms with E-state index in [-0.39, 0.29) is 0 Å². The van der Waals surface area contributed by atoms with Gasteiger partial charge in [0, 0.05) is 49.6 Å². The van der Waals surface area contributed by atoms with Crippen molar-refractivity contribution < 1.29 is 4.74 Å². The van der Waals surface area contributed by atoms with E-state index in [0.717, 1.165) is 31.1 Å². The monoisotopic (exact) mass is 334 g/mol. The molecule has 3 aromatic rings. The lowest BCUT2D eigenvalue weighted by Crippen LogP contribution is -2.20. The van der Waals surface area contributed by atoms with Crippen LogP contribution in [0.4, 0.5) is 0 Å². The molecule has 1 fully saturated rings. The first-order valence-electron chi connectivity index (χ1n) is 8.59. The quantitative estimate of drug-likeness (QED) is 0.778. The zero-order chi connectivity index (χ0) is 17.1. The van der Waals surface area contributed by atoms with Gasteiger partial charge in [-0.3, -0.25) is 15.0 Å². The van der Waals surface area contributed by atoms with Gasteiger partial charge in [-0.05, 0) is 35.9 Å². The van der Waals surface area contributed by atoms with Gasteiger partial charge in [-0.2, -0.15) is 5.10 Å². The summed E-state index contributed by atoms with van der Waals surface area (Å²) < 4.78 is 5.30. The van der Waals surface area contributed by atoms with E-state index < -0.39 is 0 Å². The van der Waals surface area contributed by atoms with Gasteiger partial charge in [0.15, 0.2) is 0 Å². The summed E-state index contributed by atoms with van der Waals surface area (Å²) in [4.78, 5) is 6.95. The summed E-state index contributed by atoms with van der Waals surface area (Å²) in [5.41, 5.74) is 3.65. The van der Waals surface area contributed by atoms with E-state index in [2.05, 4.69) is 44.3 Å². The van der Waals surface area contributed by atoms with E-state index in [0.29, 0.717) is 11.8 Å². The Labute approximate surface area is 147 Å². The summed E-state index contributed by atoms with van der Waals surface area (Å²) in [6.07, 6.45) is 3.70. The van der Waals surface area contributed by atoms with Gasteiger partial charge in [0.2, 0.25) is 0 Å². The highest BCUT2D eigenvalue weighted by Crippen LogP contribution is 2.39. The van der Waals surface area contributed by atoms with Crippen LogP contribution in [0.2, 0.25) is 0 Å². The molecule has 128 valence electrons. The first-order chi connectivity index (χ1) is 12.3. The predicted octanol–water partition coefficient (Wildman–Crippen LogP) is 3.20. The summed E-state index contributed by atoms with van der Waals surface area (Å²) in [6.45, 7) is 2.88. The topological polar surface area (TPSA) is 54.0 Å². The normalized spacial score (nSPS) is 20.7. The molecule has 0 radical (unpaired) electrons. The number of pyridine rings is 1. The van der Waals surface area contributed by atoms with Crippen LogP contribution < -0.4 is 4.74 Å². The van der Waals surface area contributed by atoms with E-state index in [1.54, 1.807) is 7.11 Å². The molecule has 0 saturated carbocycles. The van der Waals surface area contributed by atoms with Gasteiger partial charge < -0.3 is 4.74 Å². The second-order valence-corrected chi connectivity index (χ2v) is 6.51. The van der Waals surface area contributed by atoms with E-state index in [4.69, 9.17) is 4.74 Å². The standard InChI is InChI=1S/C20H22N4O/c1-25-17-7-5-15(6-8-17)18-13-24(12-16-4-2-3-10-21-16)14-19(18)20-9-11-22-23-20/h2-11,18-19H,12-14H2,1H3,(H,22,23)/t18-,19+/m0/s1. The Morgan fingerprint density at radius 3 is 2.56 bits per heavy atom. The van der Waals surface area contributed by atoms with Crippen molar-refractivity contribution in [1.29, 1.82) is 0 Å². The Kier molecular flexibility index (Phi) is 4.48. The highest BCUT2D eigenvalue weighted by atomic mass is 16.5. The van der Waals surface area contributed by atoms with Gasteiger partial charge in [0.05, 0.1) is 12.8 Å². The van der Waals surface area contributed by atoms with Crippen molar-refractivity contribution in [2.24, 2.45) is 0 Å². The fourth-order valence-electron chi connectivity index (χ4n) is 3.71. The Hall–Kier alpha value is -2.66. The molecule has 1 aliphatic heterocycles. The number of H-pyrrole nitrogens is 1. The average Bonchev–Trinajstić information content (AvgIpc) is 3.32. The Morgan fingerprint density at radius 2 is 1.88 bits per heavy atom. The van der Waals surface area contributed by atoms with Gasteiger partial charge in [-0.1, -0.05) is 18.2 Å². The highest BCUT2D eigenvalue weighted by molar-refractivity contribution is 5.33. The molecule has 0 amide bonds. The summed E-state index contributed by atoms with van der Waals surface area (Å²) >= 11 is 0. The second-order valence-electron chi connectivity index (χ2n) is 6.51. The SMILES string of the molecule is COc1ccc([C@@H]2CN(Cc3ccccn3)C[C@H]2c2ccn[nH]2)cc1. The number of ether oxygens (including phenoxy) is 1. The van der Waals surface area contributed by atoms with Crippen LogP contribution in [0.25, 0.3) is 0 Å². The van der Waals surface area contributed by atoms with Gasteiger partial charge >= 0.3 is 0 Å². The van der Waals surface area contributed by atoms with E-state index in [1.807, 2.05) is 36.7 Å². The molecule has 2 aromatic heterocycles. The number of hydrogen-bond donors (Lipinski definition) is 1. The van der Waals surface area contributed by atoms with Crippen molar-refractivity contribution in [2.75, 3.05) is 20.2 Å². The number of hydrogen-bond acceptors (Lipinski definition) is 4. The fraction of sp³-hybridized carbons (Fsp3) is 0.300. The largest absolute Gasteiger partial charge is 0.497 e. The van der Waals surface area contributed by atoms with Crippen LogP contribution >= 0.6 is 0 Å². The Morgan fingerprint density at radius 1 is 1.04 bits per heavy atom. The molecular weight excluding hydrogens is 312 g/mol. The van der Waals surface area contributed by atoms with Gasteiger partial charge in [-0.15, -0.1) is 0 Å². The Balaban J connectivity index is 1.58. The zero-order valence-electron chi connectivity index (χ0n) is 14.3. The first-order valence-corrected chi connectivity index (χ1v) is 8.59. The molecule has 5 heteroatoms. The smallest absolute Gasteiger partial charge is 0.118 e. The predicted molar refractivity (Wildman–Crippen MR) is 96.6 cm³/mol. The minimum atomic E-state index is 0.402. The third-order valence-corrected chi connectivity index (χ3v) is 4.97. The van der Waals surface area contributed by atoms with E-state index in [9.17, 15) is 0 Å². The molecule has 25 heavy (non-hydrogen) atoms. The maximum Gasteiger partial charge on any atom is 0.118 e. The summed E-state index contributed by atoms with van der Waals surface area (Å²) in [6, 6.07) is 16.6. The summed E-state index contributed by atoms with van der Waals surface area (Å²) in [7, 11) is 1.70. The third kappa shape index (κ3) is 3.42. The molecule has 2 atom stereocenters. The number of nitrogens with one attached hydrogen (secondary N) is 1. The number of rotatable bonds is 5. The molecule has 1 aliphatic rings. The highest BCUT2D eigenvalue weighted by Gasteiger charge is 2.35. The lowest BCUT2D eigenvalue weighted by molar-refractivity contribution is 0.319. The maximum absolute atomic E-state index is 5.30.